The van der Waals surface area contributed by atoms with Gasteiger partial charge in [0.15, 0.2) is 0 Å². The number of hydrogen-bond donors (Lipinski definition) is 1. The van der Waals surface area contributed by atoms with E-state index in [4.69, 9.17) is 9.47 Å². The molecule has 3 nitrogen and oxygen atoms in total. The van der Waals surface area contributed by atoms with Crippen molar-refractivity contribution in [1.82, 2.24) is 0 Å². The van der Waals surface area contributed by atoms with Crippen molar-refractivity contribution in [2.24, 2.45) is 11.8 Å². The molecule has 3 aliphatic rings. The Morgan fingerprint density at radius 3 is 2.80 bits per heavy atom. The molecule has 0 spiro atoms. The topological polar surface area (TPSA) is 30.5 Å². The van der Waals surface area contributed by atoms with Crippen LogP contribution >= 0.6 is 0 Å². The van der Waals surface area contributed by atoms with Gasteiger partial charge in [0, 0.05) is 43.0 Å². The number of benzene rings is 1. The van der Waals surface area contributed by atoms with Crippen molar-refractivity contribution in [2.75, 3.05) is 25.1 Å². The largest absolute Gasteiger partial charge is 0.381 e. The lowest BCUT2D eigenvalue weighted by molar-refractivity contribution is -0.0517. The quantitative estimate of drug-likeness (QED) is 0.754. The fourth-order valence-electron chi connectivity index (χ4n) is 5.04. The van der Waals surface area contributed by atoms with Gasteiger partial charge in [0.1, 0.15) is 0 Å². The van der Waals surface area contributed by atoms with E-state index in [1.807, 2.05) is 0 Å². The Labute approximate surface area is 152 Å². The van der Waals surface area contributed by atoms with Gasteiger partial charge in [-0.2, -0.15) is 0 Å². The van der Waals surface area contributed by atoms with E-state index in [2.05, 4.69) is 30.4 Å². The molecule has 0 aliphatic carbocycles. The molecule has 1 N–H and O–H groups in total. The summed E-state index contributed by atoms with van der Waals surface area (Å²) in [7, 11) is 0. The van der Waals surface area contributed by atoms with E-state index in [9.17, 15) is 0 Å². The van der Waals surface area contributed by atoms with Gasteiger partial charge in [-0.25, -0.2) is 0 Å². The van der Waals surface area contributed by atoms with Gasteiger partial charge in [-0.3, -0.25) is 0 Å². The second-order valence-corrected chi connectivity index (χ2v) is 8.10. The fraction of sp³-hybridized carbons (Fsp3) is 0.727. The molecule has 0 unspecified atom stereocenters. The Kier molecular flexibility index (Phi) is 5.62. The second-order valence-electron chi connectivity index (χ2n) is 8.10. The number of ether oxygens (including phenoxy) is 2. The molecule has 2 saturated heterocycles. The lowest BCUT2D eigenvalue weighted by Gasteiger charge is -2.47. The first-order valence-electron chi connectivity index (χ1n) is 10.5. The Morgan fingerprint density at radius 2 is 1.96 bits per heavy atom. The van der Waals surface area contributed by atoms with E-state index in [1.165, 1.54) is 68.2 Å². The molecular weight excluding hydrogens is 310 g/mol. The van der Waals surface area contributed by atoms with Gasteiger partial charge in [0.2, 0.25) is 0 Å². The summed E-state index contributed by atoms with van der Waals surface area (Å²) in [6.45, 7) is 5.03. The van der Waals surface area contributed by atoms with Gasteiger partial charge >= 0.3 is 0 Å². The third-order valence-corrected chi connectivity index (χ3v) is 6.42. The SMILES string of the molecule is CCCCCc1ccc2c(c1)[C@H]1OCCC[C@H]1[C@H](C1CCOCC1)N2. The molecule has 25 heavy (non-hydrogen) atoms. The average molecular weight is 344 g/mol. The molecule has 1 aromatic rings. The number of hydrogen-bond acceptors (Lipinski definition) is 3. The van der Waals surface area contributed by atoms with E-state index in [0.717, 1.165) is 25.7 Å². The fourth-order valence-corrected chi connectivity index (χ4v) is 5.04. The van der Waals surface area contributed by atoms with E-state index >= 15 is 0 Å². The highest BCUT2D eigenvalue weighted by molar-refractivity contribution is 5.57. The highest BCUT2D eigenvalue weighted by Crippen LogP contribution is 2.47. The highest BCUT2D eigenvalue weighted by Gasteiger charge is 2.42. The maximum atomic E-state index is 6.34. The molecule has 0 aromatic heterocycles. The van der Waals surface area contributed by atoms with Crippen molar-refractivity contribution >= 4 is 5.69 Å². The Bertz CT molecular complexity index is 567. The number of rotatable bonds is 5. The number of unbranched alkanes of at least 4 members (excludes halogenated alkanes) is 2. The van der Waals surface area contributed by atoms with Gasteiger partial charge in [-0.05, 0) is 56.1 Å². The first-order valence-corrected chi connectivity index (χ1v) is 10.5. The van der Waals surface area contributed by atoms with Crippen LogP contribution in [0.5, 0.6) is 0 Å². The monoisotopic (exact) mass is 343 g/mol. The third-order valence-electron chi connectivity index (χ3n) is 6.42. The van der Waals surface area contributed by atoms with Crippen LogP contribution in [0.3, 0.4) is 0 Å². The lowest BCUT2D eigenvalue weighted by Crippen LogP contribution is -2.47. The predicted octanol–water partition coefficient (Wildman–Crippen LogP) is 5.11. The third kappa shape index (κ3) is 3.73. The minimum Gasteiger partial charge on any atom is -0.381 e. The van der Waals surface area contributed by atoms with Crippen molar-refractivity contribution in [3.63, 3.8) is 0 Å². The van der Waals surface area contributed by atoms with Gasteiger partial charge in [-0.1, -0.05) is 31.9 Å². The van der Waals surface area contributed by atoms with Crippen molar-refractivity contribution in [2.45, 2.75) is 70.4 Å². The van der Waals surface area contributed by atoms with Crippen molar-refractivity contribution in [3.05, 3.63) is 29.3 Å². The van der Waals surface area contributed by atoms with Crippen LogP contribution in [0.4, 0.5) is 5.69 Å². The van der Waals surface area contributed by atoms with Gasteiger partial charge in [0.25, 0.3) is 0 Å². The van der Waals surface area contributed by atoms with Gasteiger partial charge in [0.05, 0.1) is 6.10 Å². The number of anilines is 1. The molecule has 2 fully saturated rings. The summed E-state index contributed by atoms with van der Waals surface area (Å²) in [6, 6.07) is 7.62. The van der Waals surface area contributed by atoms with Crippen molar-refractivity contribution in [3.8, 4) is 0 Å². The maximum absolute atomic E-state index is 6.34. The molecule has 4 rings (SSSR count). The molecular formula is C22H33NO2. The van der Waals surface area contributed by atoms with Crippen LogP contribution < -0.4 is 5.32 Å². The van der Waals surface area contributed by atoms with Crippen LogP contribution in [-0.2, 0) is 15.9 Å². The minimum atomic E-state index is 0.295. The molecule has 138 valence electrons. The normalized spacial score (nSPS) is 29.6. The first-order chi connectivity index (χ1) is 12.4. The Morgan fingerprint density at radius 1 is 1.08 bits per heavy atom. The molecule has 0 amide bonds. The smallest absolute Gasteiger partial charge is 0.0892 e. The van der Waals surface area contributed by atoms with Gasteiger partial charge in [-0.15, -0.1) is 0 Å². The summed E-state index contributed by atoms with van der Waals surface area (Å²) in [5.74, 6) is 1.34. The number of fused-ring (bicyclic) bond motifs is 3. The summed E-state index contributed by atoms with van der Waals surface area (Å²) < 4.78 is 11.9. The summed E-state index contributed by atoms with van der Waals surface area (Å²) in [4.78, 5) is 0. The molecule has 0 bridgehead atoms. The van der Waals surface area contributed by atoms with Gasteiger partial charge < -0.3 is 14.8 Å². The molecule has 3 heterocycles. The van der Waals surface area contributed by atoms with E-state index in [1.54, 1.807) is 0 Å². The first kappa shape index (κ1) is 17.4. The summed E-state index contributed by atoms with van der Waals surface area (Å²) in [6.07, 6.45) is 10.3. The predicted molar refractivity (Wildman–Crippen MR) is 102 cm³/mol. The van der Waals surface area contributed by atoms with Crippen LogP contribution in [0.2, 0.25) is 0 Å². The van der Waals surface area contributed by atoms with E-state index in [-0.39, 0.29) is 0 Å². The summed E-state index contributed by atoms with van der Waals surface area (Å²) >= 11 is 0. The zero-order valence-corrected chi connectivity index (χ0v) is 15.6. The zero-order valence-electron chi connectivity index (χ0n) is 15.6. The van der Waals surface area contributed by atoms with Crippen LogP contribution in [0.1, 0.15) is 69.1 Å². The number of aryl methyl sites for hydroxylation is 1. The van der Waals surface area contributed by atoms with Crippen LogP contribution in [0, 0.1) is 11.8 Å². The van der Waals surface area contributed by atoms with E-state index in [0.29, 0.717) is 18.1 Å². The summed E-state index contributed by atoms with van der Waals surface area (Å²) in [5, 5.41) is 3.92. The molecule has 3 heteroatoms. The van der Waals surface area contributed by atoms with Crippen LogP contribution in [0.15, 0.2) is 18.2 Å². The van der Waals surface area contributed by atoms with Crippen LogP contribution in [0.25, 0.3) is 0 Å². The molecule has 3 atom stereocenters. The standard InChI is InChI=1S/C22H33NO2/c1-2-3-4-6-16-8-9-20-19(15-16)22-18(7-5-12-25-22)21(23-20)17-10-13-24-14-11-17/h8-9,15,17-18,21-23H,2-7,10-14H2,1H3/t18-,21-,22-/m0/s1. The van der Waals surface area contributed by atoms with Crippen molar-refractivity contribution in [1.29, 1.82) is 0 Å². The Balaban J connectivity index is 1.57. The highest BCUT2D eigenvalue weighted by atomic mass is 16.5. The zero-order chi connectivity index (χ0) is 17.1. The number of nitrogens with one attached hydrogen (secondary N) is 1. The lowest BCUT2D eigenvalue weighted by atomic mass is 9.73. The molecule has 0 radical (unpaired) electrons. The summed E-state index contributed by atoms with van der Waals surface area (Å²) in [5.41, 5.74) is 4.22. The molecule has 3 aliphatic heterocycles. The second kappa shape index (κ2) is 8.09. The Hall–Kier alpha value is -1.06. The van der Waals surface area contributed by atoms with Crippen LogP contribution in [-0.4, -0.2) is 25.9 Å². The average Bonchev–Trinajstić information content (AvgIpc) is 2.68. The molecule has 1 aromatic carbocycles. The molecule has 0 saturated carbocycles. The van der Waals surface area contributed by atoms with Crippen molar-refractivity contribution < 1.29 is 9.47 Å². The van der Waals surface area contributed by atoms with E-state index < -0.39 is 0 Å². The minimum absolute atomic E-state index is 0.295. The maximum Gasteiger partial charge on any atom is 0.0892 e.